The van der Waals surface area contributed by atoms with Crippen molar-refractivity contribution >= 4 is 28.6 Å². The molecule has 1 saturated carbocycles. The van der Waals surface area contributed by atoms with E-state index in [1.165, 1.54) is 10.6 Å². The summed E-state index contributed by atoms with van der Waals surface area (Å²) < 4.78 is 53.6. The molecule has 53 heavy (non-hydrogen) atoms. The maximum Gasteiger partial charge on any atom is 0.270 e. The number of nitrogens with zero attached hydrogens (tertiary/aromatic N) is 3. The van der Waals surface area contributed by atoms with Crippen molar-refractivity contribution in [2.45, 2.75) is 57.7 Å². The maximum absolute atomic E-state index is 15.0. The number of piperazine rings is 1. The van der Waals surface area contributed by atoms with E-state index >= 15 is 4.39 Å². The molecule has 2 fully saturated rings. The van der Waals surface area contributed by atoms with Crippen LogP contribution in [0.2, 0.25) is 0 Å². The quantitative estimate of drug-likeness (QED) is 0.188. The normalized spacial score (nSPS) is 16.5. The summed E-state index contributed by atoms with van der Waals surface area (Å²) in [6, 6.07) is 11.4. The van der Waals surface area contributed by atoms with E-state index in [9.17, 15) is 18.8 Å². The van der Waals surface area contributed by atoms with Crippen LogP contribution in [-0.2, 0) is 37.5 Å². The highest BCUT2D eigenvalue weighted by atomic mass is 19.2. The summed E-state index contributed by atoms with van der Waals surface area (Å²) in [6.45, 7) is 5.00. The van der Waals surface area contributed by atoms with Crippen molar-refractivity contribution in [2.75, 3.05) is 72.9 Å². The van der Waals surface area contributed by atoms with Gasteiger partial charge in [-0.15, -0.1) is 0 Å². The SMILES string of the molecule is CN[C@@H](C)C(=O)NC(C(=O)N1CCN(C(=O)c2cc3c(OCCOCCOCCOCc4ccccc4)c(F)c(F)cc3n2C)CC1)C1CCCCC1. The summed E-state index contributed by atoms with van der Waals surface area (Å²) in [5, 5.41) is 6.20. The van der Waals surface area contributed by atoms with Gasteiger partial charge in [0.05, 0.1) is 51.2 Å². The third-order valence-electron chi connectivity index (χ3n) is 10.1. The third kappa shape index (κ3) is 10.5. The van der Waals surface area contributed by atoms with E-state index in [2.05, 4.69) is 10.6 Å². The largest absolute Gasteiger partial charge is 0.487 e. The first kappa shape index (κ1) is 40.1. The van der Waals surface area contributed by atoms with Crippen molar-refractivity contribution in [3.63, 3.8) is 0 Å². The number of hydrogen-bond acceptors (Lipinski definition) is 8. The summed E-state index contributed by atoms with van der Waals surface area (Å²) in [6.07, 6.45) is 4.93. The number of ether oxygens (including phenoxy) is 4. The molecule has 2 N–H and O–H groups in total. The molecule has 1 aliphatic heterocycles. The Kier molecular flexibility index (Phi) is 15.0. The molecular formula is C39H53F2N5O7. The minimum absolute atomic E-state index is 0.0417. The molecule has 2 atom stereocenters. The second kappa shape index (κ2) is 19.8. The average molecular weight is 742 g/mol. The van der Waals surface area contributed by atoms with Crippen molar-refractivity contribution in [3.8, 4) is 5.75 Å². The highest BCUT2D eigenvalue weighted by Gasteiger charge is 2.36. The van der Waals surface area contributed by atoms with Gasteiger partial charge in [-0.3, -0.25) is 14.4 Å². The van der Waals surface area contributed by atoms with Gasteiger partial charge in [0.2, 0.25) is 17.6 Å². The molecule has 3 aromatic rings. The average Bonchev–Trinajstić information content (AvgIpc) is 3.51. The Morgan fingerprint density at radius 2 is 1.47 bits per heavy atom. The minimum atomic E-state index is -1.14. The molecule has 3 amide bonds. The van der Waals surface area contributed by atoms with Crippen LogP contribution in [0.25, 0.3) is 10.9 Å². The predicted octanol–water partition coefficient (Wildman–Crippen LogP) is 4.04. The summed E-state index contributed by atoms with van der Waals surface area (Å²) in [7, 11) is 3.33. The predicted molar refractivity (Wildman–Crippen MR) is 196 cm³/mol. The van der Waals surface area contributed by atoms with Gasteiger partial charge in [-0.25, -0.2) is 4.39 Å². The van der Waals surface area contributed by atoms with E-state index in [4.69, 9.17) is 18.9 Å². The zero-order chi connectivity index (χ0) is 37.7. The van der Waals surface area contributed by atoms with Gasteiger partial charge in [0.15, 0.2) is 11.6 Å². The van der Waals surface area contributed by atoms with E-state index in [1.54, 1.807) is 30.8 Å². The number of carbonyl (C=O) groups is 3. The molecule has 2 aliphatic rings. The maximum atomic E-state index is 15.0. The molecule has 1 aliphatic carbocycles. The molecule has 2 aromatic carbocycles. The van der Waals surface area contributed by atoms with E-state index in [0.29, 0.717) is 45.0 Å². The Bertz CT molecular complexity index is 1660. The second-order valence-corrected chi connectivity index (χ2v) is 13.6. The monoisotopic (exact) mass is 741 g/mol. The number of aryl methyl sites for hydroxylation is 1. The summed E-state index contributed by atoms with van der Waals surface area (Å²) in [5.41, 5.74) is 1.64. The Balaban J connectivity index is 1.11. The molecule has 290 valence electrons. The Hall–Kier alpha value is -4.11. The number of carbonyl (C=O) groups excluding carboxylic acids is 3. The van der Waals surface area contributed by atoms with Crippen LogP contribution in [0.1, 0.15) is 55.1 Å². The fourth-order valence-corrected chi connectivity index (χ4v) is 6.88. The van der Waals surface area contributed by atoms with Gasteiger partial charge in [0.25, 0.3) is 5.91 Å². The standard InChI is InChI=1S/C39H53F2N5O7/c1-27(42-2)37(47)43-35(29-12-8-5-9-13-29)39(49)46-16-14-45(15-17-46)38(48)33-24-30-32(44(33)3)25-31(40)34(41)36(30)53-23-22-51-19-18-50-20-21-52-26-28-10-6-4-7-11-28/h4,6-7,10-11,24-25,27,29,35,42H,5,8-9,12-23,26H2,1-3H3,(H,43,47)/t27-,35?/m0/s1. The molecule has 0 bridgehead atoms. The molecule has 2 heterocycles. The molecule has 1 unspecified atom stereocenters. The van der Waals surface area contributed by atoms with Gasteiger partial charge in [0, 0.05) is 44.7 Å². The van der Waals surface area contributed by atoms with Gasteiger partial charge in [0.1, 0.15) is 18.3 Å². The number of fused-ring (bicyclic) bond motifs is 1. The summed E-state index contributed by atoms with van der Waals surface area (Å²) in [5.74, 6) is -3.12. The number of likely N-dealkylation sites (N-methyl/N-ethyl adjacent to an activating group) is 1. The van der Waals surface area contributed by atoms with E-state index in [0.717, 1.165) is 43.7 Å². The molecule has 0 spiro atoms. The summed E-state index contributed by atoms with van der Waals surface area (Å²) in [4.78, 5) is 43.7. The van der Waals surface area contributed by atoms with Gasteiger partial charge < -0.3 is 43.9 Å². The van der Waals surface area contributed by atoms with Crippen LogP contribution in [0, 0.1) is 17.6 Å². The van der Waals surface area contributed by atoms with Crippen LogP contribution in [0.15, 0.2) is 42.5 Å². The van der Waals surface area contributed by atoms with Crippen LogP contribution in [-0.4, -0.2) is 117 Å². The molecular weight excluding hydrogens is 688 g/mol. The Labute approximate surface area is 310 Å². The number of benzene rings is 2. The van der Waals surface area contributed by atoms with Crippen LogP contribution < -0.4 is 15.4 Å². The first-order valence-electron chi connectivity index (χ1n) is 18.6. The number of halogens is 2. The van der Waals surface area contributed by atoms with E-state index in [1.807, 2.05) is 30.3 Å². The molecule has 14 heteroatoms. The lowest BCUT2D eigenvalue weighted by atomic mass is 9.83. The smallest absolute Gasteiger partial charge is 0.270 e. The first-order valence-corrected chi connectivity index (χ1v) is 18.6. The van der Waals surface area contributed by atoms with Gasteiger partial charge in [-0.05, 0) is 44.4 Å². The Morgan fingerprint density at radius 1 is 0.849 bits per heavy atom. The van der Waals surface area contributed by atoms with E-state index < -0.39 is 23.7 Å². The van der Waals surface area contributed by atoms with Crippen molar-refractivity contribution in [2.24, 2.45) is 13.0 Å². The molecule has 5 rings (SSSR count). The lowest BCUT2D eigenvalue weighted by molar-refractivity contribution is -0.140. The van der Waals surface area contributed by atoms with E-state index in [-0.39, 0.29) is 73.4 Å². The van der Waals surface area contributed by atoms with Crippen molar-refractivity contribution in [3.05, 3.63) is 65.4 Å². The zero-order valence-electron chi connectivity index (χ0n) is 31.0. The van der Waals surface area contributed by atoms with Gasteiger partial charge in [-0.1, -0.05) is 49.6 Å². The third-order valence-corrected chi connectivity index (χ3v) is 10.1. The zero-order valence-corrected chi connectivity index (χ0v) is 31.0. The number of nitrogens with one attached hydrogen (secondary N) is 2. The lowest BCUT2D eigenvalue weighted by Crippen LogP contribution is -2.59. The van der Waals surface area contributed by atoms with Crippen LogP contribution in [0.4, 0.5) is 8.78 Å². The van der Waals surface area contributed by atoms with Crippen LogP contribution in [0.3, 0.4) is 0 Å². The Morgan fingerprint density at radius 3 is 2.13 bits per heavy atom. The van der Waals surface area contributed by atoms with Crippen molar-refractivity contribution < 1.29 is 42.1 Å². The van der Waals surface area contributed by atoms with Gasteiger partial charge in [-0.2, -0.15) is 4.39 Å². The number of amides is 3. The number of hydrogen-bond donors (Lipinski definition) is 2. The highest BCUT2D eigenvalue weighted by molar-refractivity contribution is 6.00. The fraction of sp³-hybridized carbons (Fsp3) is 0.564. The van der Waals surface area contributed by atoms with Gasteiger partial charge >= 0.3 is 0 Å². The fourth-order valence-electron chi connectivity index (χ4n) is 6.88. The summed E-state index contributed by atoms with van der Waals surface area (Å²) >= 11 is 0. The number of rotatable bonds is 18. The molecule has 12 nitrogen and oxygen atoms in total. The van der Waals surface area contributed by atoms with Crippen molar-refractivity contribution in [1.82, 2.24) is 25.0 Å². The lowest BCUT2D eigenvalue weighted by Gasteiger charge is -2.39. The molecule has 0 radical (unpaired) electrons. The molecule has 1 aromatic heterocycles. The topological polar surface area (TPSA) is 124 Å². The van der Waals surface area contributed by atoms with Crippen LogP contribution in [0.5, 0.6) is 5.75 Å². The van der Waals surface area contributed by atoms with Crippen LogP contribution >= 0.6 is 0 Å². The first-order chi connectivity index (χ1) is 25.7. The highest BCUT2D eigenvalue weighted by Crippen LogP contribution is 2.34. The number of aromatic nitrogens is 1. The minimum Gasteiger partial charge on any atom is -0.487 e. The second-order valence-electron chi connectivity index (χ2n) is 13.6. The molecule has 1 saturated heterocycles. The van der Waals surface area contributed by atoms with Crippen molar-refractivity contribution in [1.29, 1.82) is 0 Å².